The summed E-state index contributed by atoms with van der Waals surface area (Å²) in [5.41, 5.74) is 0. The van der Waals surface area contributed by atoms with Gasteiger partial charge in [0.1, 0.15) is 5.75 Å². The van der Waals surface area contributed by atoms with Gasteiger partial charge in [-0.05, 0) is 62.1 Å². The zero-order valence-corrected chi connectivity index (χ0v) is 15.3. The number of hydrogen-bond donors (Lipinski definition) is 1. The Labute approximate surface area is 144 Å². The molecule has 0 aliphatic carbocycles. The van der Waals surface area contributed by atoms with Crippen LogP contribution in [0.3, 0.4) is 0 Å². The Balaban J connectivity index is 0.00000200. The van der Waals surface area contributed by atoms with Crippen LogP contribution >= 0.6 is 11.8 Å². The molecule has 1 aromatic rings. The predicted molar refractivity (Wildman–Crippen MR) is 82.7 cm³/mol. The number of unbranched alkanes of at least 4 members (excludes halogenated alkanes) is 1. The molecule has 0 amide bonds. The van der Waals surface area contributed by atoms with Gasteiger partial charge in [-0.25, -0.2) is 0 Å². The summed E-state index contributed by atoms with van der Waals surface area (Å²) >= 11 is 1.90. The number of phenolic OH excluding ortho intramolecular Hbond substituents is 1. The first-order valence-electron chi connectivity index (χ1n) is 7.43. The third kappa shape index (κ3) is 6.22. The van der Waals surface area contributed by atoms with E-state index >= 15 is 0 Å². The van der Waals surface area contributed by atoms with Crippen LogP contribution in [0, 0.1) is 0 Å². The molecule has 114 valence electrons. The van der Waals surface area contributed by atoms with Crippen molar-refractivity contribution < 1.29 is 33.6 Å². The molecule has 0 saturated carbocycles. The van der Waals surface area contributed by atoms with E-state index in [2.05, 4.69) is 7.05 Å². The Morgan fingerprint density at radius 1 is 1.05 bits per heavy atom. The van der Waals surface area contributed by atoms with E-state index in [0.717, 1.165) is 0 Å². The average Bonchev–Trinajstić information content (AvgIpc) is 2.41. The Morgan fingerprint density at radius 2 is 1.70 bits per heavy atom. The number of rotatable bonds is 6. The van der Waals surface area contributed by atoms with E-state index in [-0.39, 0.29) is 24.0 Å². The Bertz CT molecular complexity index is 377. The molecule has 0 bridgehead atoms. The molecule has 1 aromatic carbocycles. The first-order valence-corrected chi connectivity index (χ1v) is 8.42. The van der Waals surface area contributed by atoms with Gasteiger partial charge in [0, 0.05) is 4.90 Å². The molecule has 1 fully saturated rings. The molecule has 1 N–H and O–H groups in total. The fourth-order valence-electron chi connectivity index (χ4n) is 2.83. The zero-order valence-electron chi connectivity index (χ0n) is 12.4. The molecule has 0 spiro atoms. The lowest BCUT2D eigenvalue weighted by atomic mass is 10.1. The van der Waals surface area contributed by atoms with Crippen molar-refractivity contribution in [1.82, 2.24) is 0 Å². The SMILES string of the molecule is C[N+]1(CCCCSc2ccc(O)cc2)CCCCC1.[I-]. The molecule has 0 atom stereocenters. The number of halogens is 1. The number of benzene rings is 1. The first kappa shape index (κ1) is 18.1. The van der Waals surface area contributed by atoms with Gasteiger partial charge in [-0.3, -0.25) is 0 Å². The number of likely N-dealkylation sites (tertiary alicyclic amines) is 1. The summed E-state index contributed by atoms with van der Waals surface area (Å²) in [6.45, 7) is 4.10. The van der Waals surface area contributed by atoms with E-state index in [1.165, 1.54) is 66.9 Å². The quantitative estimate of drug-likeness (QED) is 0.327. The van der Waals surface area contributed by atoms with E-state index in [1.807, 2.05) is 23.9 Å². The molecule has 0 radical (unpaired) electrons. The van der Waals surface area contributed by atoms with Crippen LogP contribution in [0.2, 0.25) is 0 Å². The van der Waals surface area contributed by atoms with Crippen LogP contribution < -0.4 is 24.0 Å². The fourth-order valence-corrected chi connectivity index (χ4v) is 3.74. The molecule has 4 heteroatoms. The van der Waals surface area contributed by atoms with Gasteiger partial charge in [-0.2, -0.15) is 0 Å². The summed E-state index contributed by atoms with van der Waals surface area (Å²) in [6, 6.07) is 7.53. The van der Waals surface area contributed by atoms with E-state index in [9.17, 15) is 5.11 Å². The highest BCUT2D eigenvalue weighted by Gasteiger charge is 2.23. The lowest BCUT2D eigenvalue weighted by molar-refractivity contribution is -0.914. The zero-order chi connectivity index (χ0) is 13.6. The van der Waals surface area contributed by atoms with Gasteiger partial charge < -0.3 is 33.6 Å². The Kier molecular flexibility index (Phi) is 8.29. The van der Waals surface area contributed by atoms with Crippen molar-refractivity contribution in [3.8, 4) is 5.75 Å². The van der Waals surface area contributed by atoms with Crippen molar-refractivity contribution in [3.63, 3.8) is 0 Å². The molecule has 0 unspecified atom stereocenters. The number of hydrogen-bond acceptors (Lipinski definition) is 2. The van der Waals surface area contributed by atoms with Crippen LogP contribution in [0.4, 0.5) is 0 Å². The van der Waals surface area contributed by atoms with E-state index in [0.29, 0.717) is 5.75 Å². The monoisotopic (exact) mass is 407 g/mol. The highest BCUT2D eigenvalue weighted by atomic mass is 127. The normalized spacial score (nSPS) is 17.4. The summed E-state index contributed by atoms with van der Waals surface area (Å²) in [4.78, 5) is 1.26. The number of thioether (sulfide) groups is 1. The lowest BCUT2D eigenvalue weighted by Crippen LogP contribution is -3.00. The van der Waals surface area contributed by atoms with Crippen LogP contribution in [-0.4, -0.2) is 42.0 Å². The van der Waals surface area contributed by atoms with Crippen molar-refractivity contribution in [3.05, 3.63) is 24.3 Å². The molecule has 20 heavy (non-hydrogen) atoms. The minimum absolute atomic E-state index is 0. The van der Waals surface area contributed by atoms with E-state index < -0.39 is 0 Å². The maximum Gasteiger partial charge on any atom is 0.115 e. The minimum Gasteiger partial charge on any atom is -1.00 e. The highest BCUT2D eigenvalue weighted by molar-refractivity contribution is 7.99. The number of nitrogens with zero attached hydrogens (tertiary/aromatic N) is 1. The number of quaternary nitrogens is 1. The van der Waals surface area contributed by atoms with Crippen LogP contribution in [0.15, 0.2) is 29.2 Å². The van der Waals surface area contributed by atoms with Gasteiger partial charge in [-0.1, -0.05) is 0 Å². The number of aromatic hydroxyl groups is 1. The predicted octanol–water partition coefficient (Wildman–Crippen LogP) is 0.899. The standard InChI is InChI=1S/C16H25NOS.HI/c1-17(11-3-2-4-12-17)13-5-6-14-19-16-9-7-15(18)8-10-16;/h7-10H,2-6,11-14H2,1H3;1H. The summed E-state index contributed by atoms with van der Waals surface area (Å²) in [7, 11) is 2.42. The second kappa shape index (κ2) is 9.15. The van der Waals surface area contributed by atoms with Gasteiger partial charge in [-0.15, -0.1) is 11.8 Å². The van der Waals surface area contributed by atoms with Crippen LogP contribution in [-0.2, 0) is 0 Å². The molecular formula is C16H26INOS. The smallest absolute Gasteiger partial charge is 0.115 e. The van der Waals surface area contributed by atoms with Crippen molar-refractivity contribution in [2.75, 3.05) is 32.4 Å². The lowest BCUT2D eigenvalue weighted by Gasteiger charge is -2.37. The summed E-state index contributed by atoms with van der Waals surface area (Å²) < 4.78 is 1.30. The average molecular weight is 407 g/mol. The second-order valence-corrected chi connectivity index (χ2v) is 7.07. The topological polar surface area (TPSA) is 20.2 Å². The maximum atomic E-state index is 9.23. The van der Waals surface area contributed by atoms with Gasteiger partial charge in [0.25, 0.3) is 0 Å². The van der Waals surface area contributed by atoms with Gasteiger partial charge in [0.15, 0.2) is 0 Å². The van der Waals surface area contributed by atoms with E-state index in [4.69, 9.17) is 0 Å². The molecule has 0 aromatic heterocycles. The fraction of sp³-hybridized carbons (Fsp3) is 0.625. The molecular weight excluding hydrogens is 381 g/mol. The molecule has 1 heterocycles. The third-order valence-corrected chi connectivity index (χ3v) is 5.19. The van der Waals surface area contributed by atoms with Crippen LogP contribution in [0.1, 0.15) is 32.1 Å². The van der Waals surface area contributed by atoms with Crippen molar-refractivity contribution in [2.24, 2.45) is 0 Å². The van der Waals surface area contributed by atoms with Gasteiger partial charge in [0.05, 0.1) is 26.7 Å². The Hall–Kier alpha value is 0.0600. The second-order valence-electron chi connectivity index (χ2n) is 5.90. The third-order valence-electron chi connectivity index (χ3n) is 4.09. The highest BCUT2D eigenvalue weighted by Crippen LogP contribution is 2.22. The summed E-state index contributed by atoms with van der Waals surface area (Å²) in [5, 5.41) is 9.23. The summed E-state index contributed by atoms with van der Waals surface area (Å²) in [5.74, 6) is 1.54. The molecule has 1 aliphatic rings. The molecule has 1 saturated heterocycles. The Morgan fingerprint density at radius 3 is 2.35 bits per heavy atom. The number of piperidine rings is 1. The minimum atomic E-state index is 0. The summed E-state index contributed by atoms with van der Waals surface area (Å²) in [6.07, 6.45) is 6.89. The number of phenols is 1. The van der Waals surface area contributed by atoms with Crippen molar-refractivity contribution >= 4 is 11.8 Å². The largest absolute Gasteiger partial charge is 1.00 e. The first-order chi connectivity index (χ1) is 9.18. The van der Waals surface area contributed by atoms with Crippen LogP contribution in [0.25, 0.3) is 0 Å². The van der Waals surface area contributed by atoms with Gasteiger partial charge >= 0.3 is 0 Å². The van der Waals surface area contributed by atoms with Crippen LogP contribution in [0.5, 0.6) is 5.75 Å². The van der Waals surface area contributed by atoms with Crippen molar-refractivity contribution in [1.29, 1.82) is 0 Å². The van der Waals surface area contributed by atoms with E-state index in [1.54, 1.807) is 12.1 Å². The molecule has 2 rings (SSSR count). The van der Waals surface area contributed by atoms with Crippen molar-refractivity contribution in [2.45, 2.75) is 37.0 Å². The van der Waals surface area contributed by atoms with Gasteiger partial charge in [0.2, 0.25) is 0 Å². The molecule has 1 aliphatic heterocycles. The maximum absolute atomic E-state index is 9.23. The molecule has 2 nitrogen and oxygen atoms in total.